The molecule has 0 bridgehead atoms. The number of rotatable bonds is 4. The number of esters is 1. The summed E-state index contributed by atoms with van der Waals surface area (Å²) in [5.41, 5.74) is 0.820. The fourth-order valence-corrected chi connectivity index (χ4v) is 2.00. The molecule has 2 rings (SSSR count). The van der Waals surface area contributed by atoms with Gasteiger partial charge < -0.3 is 10.1 Å². The van der Waals surface area contributed by atoms with Gasteiger partial charge in [0.05, 0.1) is 13.2 Å². The highest BCUT2D eigenvalue weighted by atomic mass is 16.5. The van der Waals surface area contributed by atoms with E-state index in [1.165, 1.54) is 0 Å². The summed E-state index contributed by atoms with van der Waals surface area (Å²) in [6.07, 6.45) is 0. The average Bonchev–Trinajstić information content (AvgIpc) is 2.45. The molecule has 0 spiro atoms. The van der Waals surface area contributed by atoms with E-state index in [4.69, 9.17) is 4.74 Å². The van der Waals surface area contributed by atoms with E-state index in [1.54, 1.807) is 6.92 Å². The minimum Gasteiger partial charge on any atom is -0.465 e. The minimum absolute atomic E-state index is 0.0121. The molecule has 1 N–H and O–H groups in total. The normalized spacial score (nSPS) is 18.6. The Bertz CT molecular complexity index is 515. The summed E-state index contributed by atoms with van der Waals surface area (Å²) >= 11 is 0. The van der Waals surface area contributed by atoms with Gasteiger partial charge in [-0.1, -0.05) is 30.3 Å². The summed E-state index contributed by atoms with van der Waals surface area (Å²) in [6.45, 7) is 2.00. The van der Waals surface area contributed by atoms with Crippen molar-refractivity contribution in [1.82, 2.24) is 10.2 Å². The third kappa shape index (κ3) is 2.96. The zero-order valence-corrected chi connectivity index (χ0v) is 11.2. The van der Waals surface area contributed by atoms with Crippen LogP contribution in [0.3, 0.4) is 0 Å². The molecule has 3 amide bonds. The molecule has 6 heteroatoms. The van der Waals surface area contributed by atoms with E-state index in [1.807, 2.05) is 30.3 Å². The lowest BCUT2D eigenvalue weighted by atomic mass is 10.1. The number of benzene rings is 1. The lowest BCUT2D eigenvalue weighted by Crippen LogP contribution is -2.56. The van der Waals surface area contributed by atoms with Crippen LogP contribution in [0.15, 0.2) is 30.3 Å². The highest BCUT2D eigenvalue weighted by Gasteiger charge is 2.39. The summed E-state index contributed by atoms with van der Waals surface area (Å²) in [5.74, 6) is -2.08. The number of carbonyl (C=O) groups is 3. The second kappa shape index (κ2) is 6.18. The number of nitrogens with zero attached hydrogens (tertiary/aromatic N) is 1. The van der Waals surface area contributed by atoms with Gasteiger partial charge in [-0.15, -0.1) is 0 Å². The first-order valence-corrected chi connectivity index (χ1v) is 6.43. The van der Waals surface area contributed by atoms with Crippen molar-refractivity contribution in [1.29, 1.82) is 0 Å². The van der Waals surface area contributed by atoms with E-state index in [2.05, 4.69) is 5.32 Å². The molecule has 6 nitrogen and oxygen atoms in total. The lowest BCUT2D eigenvalue weighted by molar-refractivity contribution is -0.155. The van der Waals surface area contributed by atoms with Crippen LogP contribution in [-0.4, -0.2) is 36.0 Å². The average molecular weight is 276 g/mol. The first-order valence-electron chi connectivity index (χ1n) is 6.43. The number of carbonyl (C=O) groups excluding carboxylic acids is 3. The predicted molar refractivity (Wildman–Crippen MR) is 70.5 cm³/mol. The minimum atomic E-state index is -0.962. The van der Waals surface area contributed by atoms with Crippen LogP contribution >= 0.6 is 0 Å². The van der Waals surface area contributed by atoms with Crippen LogP contribution < -0.4 is 5.32 Å². The van der Waals surface area contributed by atoms with Crippen LogP contribution in [0.2, 0.25) is 0 Å². The van der Waals surface area contributed by atoms with Gasteiger partial charge in [-0.25, -0.2) is 4.79 Å². The van der Waals surface area contributed by atoms with E-state index >= 15 is 0 Å². The molecule has 1 fully saturated rings. The Kier molecular flexibility index (Phi) is 4.34. The molecule has 1 saturated heterocycles. The highest BCUT2D eigenvalue weighted by molar-refractivity contribution is 6.07. The topological polar surface area (TPSA) is 75.7 Å². The van der Waals surface area contributed by atoms with Crippen molar-refractivity contribution in [3.63, 3.8) is 0 Å². The number of imide groups is 1. The molecule has 1 atom stereocenters. The summed E-state index contributed by atoms with van der Waals surface area (Å²) in [5, 5.41) is 2.54. The van der Waals surface area contributed by atoms with Crippen molar-refractivity contribution in [2.45, 2.75) is 13.5 Å². The fourth-order valence-electron chi connectivity index (χ4n) is 2.00. The van der Waals surface area contributed by atoms with Crippen molar-refractivity contribution in [3.8, 4) is 0 Å². The van der Waals surface area contributed by atoms with E-state index < -0.39 is 23.8 Å². The smallest absolute Gasteiger partial charge is 0.324 e. The molecule has 1 aliphatic heterocycles. The van der Waals surface area contributed by atoms with Gasteiger partial charge in [-0.2, -0.15) is 0 Å². The number of ether oxygens (including phenoxy) is 1. The first-order chi connectivity index (χ1) is 9.63. The number of urea groups is 1. The van der Waals surface area contributed by atoms with Gasteiger partial charge in [0, 0.05) is 6.54 Å². The van der Waals surface area contributed by atoms with Crippen molar-refractivity contribution >= 4 is 17.9 Å². The van der Waals surface area contributed by atoms with Gasteiger partial charge in [-0.3, -0.25) is 14.5 Å². The van der Waals surface area contributed by atoms with E-state index in [0.717, 1.165) is 10.5 Å². The molecule has 1 aromatic carbocycles. The summed E-state index contributed by atoms with van der Waals surface area (Å²) < 4.78 is 4.85. The molecular formula is C14H16N2O4. The Labute approximate surface area is 116 Å². The van der Waals surface area contributed by atoms with Crippen molar-refractivity contribution < 1.29 is 19.1 Å². The molecule has 0 aromatic heterocycles. The standard InChI is InChI=1S/C14H16N2O4/c1-2-20-13(18)11-8-15-14(19)16(12(11)17)9-10-6-4-3-5-7-10/h3-7,11H,2,8-9H2,1H3,(H,15,19). The lowest BCUT2D eigenvalue weighted by Gasteiger charge is -2.30. The Hall–Kier alpha value is -2.37. The molecule has 0 radical (unpaired) electrons. The third-order valence-electron chi connectivity index (χ3n) is 3.02. The molecule has 20 heavy (non-hydrogen) atoms. The molecule has 0 saturated carbocycles. The second-order valence-corrected chi connectivity index (χ2v) is 4.40. The van der Waals surface area contributed by atoms with Crippen LogP contribution in [0.25, 0.3) is 0 Å². The fraction of sp³-hybridized carbons (Fsp3) is 0.357. The van der Waals surface area contributed by atoms with Gasteiger partial charge in [-0.05, 0) is 12.5 Å². The second-order valence-electron chi connectivity index (χ2n) is 4.40. The van der Waals surface area contributed by atoms with Gasteiger partial charge in [0.15, 0.2) is 5.92 Å². The van der Waals surface area contributed by atoms with E-state index in [9.17, 15) is 14.4 Å². The Balaban J connectivity index is 2.12. The first kappa shape index (κ1) is 14.0. The number of amides is 3. The zero-order chi connectivity index (χ0) is 14.5. The van der Waals surface area contributed by atoms with Gasteiger partial charge >= 0.3 is 12.0 Å². The number of hydrogen-bond acceptors (Lipinski definition) is 4. The van der Waals surface area contributed by atoms with E-state index in [0.29, 0.717) is 0 Å². The predicted octanol–water partition coefficient (Wildman–Crippen LogP) is 0.918. The summed E-state index contributed by atoms with van der Waals surface area (Å²) in [7, 11) is 0. The SMILES string of the molecule is CCOC(=O)C1CNC(=O)N(Cc2ccccc2)C1=O. The number of hydrogen-bond donors (Lipinski definition) is 1. The highest BCUT2D eigenvalue weighted by Crippen LogP contribution is 2.14. The molecule has 106 valence electrons. The maximum atomic E-state index is 12.2. The zero-order valence-electron chi connectivity index (χ0n) is 11.2. The Morgan fingerprint density at radius 3 is 2.70 bits per heavy atom. The van der Waals surface area contributed by atoms with Gasteiger partial charge in [0.2, 0.25) is 5.91 Å². The maximum Gasteiger partial charge on any atom is 0.324 e. The van der Waals surface area contributed by atoms with Gasteiger partial charge in [0.25, 0.3) is 0 Å². The Morgan fingerprint density at radius 1 is 1.35 bits per heavy atom. The van der Waals surface area contributed by atoms with Crippen molar-refractivity contribution in [2.24, 2.45) is 5.92 Å². The van der Waals surface area contributed by atoms with Crippen LogP contribution in [0.1, 0.15) is 12.5 Å². The van der Waals surface area contributed by atoms with Crippen molar-refractivity contribution in [2.75, 3.05) is 13.2 Å². The summed E-state index contributed by atoms with van der Waals surface area (Å²) in [6, 6.07) is 8.64. The largest absolute Gasteiger partial charge is 0.465 e. The molecule has 1 heterocycles. The summed E-state index contributed by atoms with van der Waals surface area (Å²) in [4.78, 5) is 36.7. The van der Waals surface area contributed by atoms with Crippen LogP contribution in [0, 0.1) is 5.92 Å². The van der Waals surface area contributed by atoms with E-state index in [-0.39, 0.29) is 19.7 Å². The molecule has 1 aliphatic rings. The van der Waals surface area contributed by atoms with Crippen LogP contribution in [0.4, 0.5) is 4.79 Å². The maximum absolute atomic E-state index is 12.2. The quantitative estimate of drug-likeness (QED) is 0.655. The Morgan fingerprint density at radius 2 is 2.05 bits per heavy atom. The van der Waals surface area contributed by atoms with Crippen molar-refractivity contribution in [3.05, 3.63) is 35.9 Å². The van der Waals surface area contributed by atoms with Crippen LogP contribution in [-0.2, 0) is 20.9 Å². The molecule has 0 aliphatic carbocycles. The molecular weight excluding hydrogens is 260 g/mol. The van der Waals surface area contributed by atoms with Gasteiger partial charge in [0.1, 0.15) is 0 Å². The third-order valence-corrected chi connectivity index (χ3v) is 3.02. The number of nitrogens with one attached hydrogen (secondary N) is 1. The van der Waals surface area contributed by atoms with Crippen LogP contribution in [0.5, 0.6) is 0 Å². The monoisotopic (exact) mass is 276 g/mol. The molecule has 1 unspecified atom stereocenters. The molecule has 1 aromatic rings.